The Morgan fingerprint density at radius 3 is 2.90 bits per heavy atom. The van der Waals surface area contributed by atoms with Crippen LogP contribution in [0.15, 0.2) is 28.9 Å². The van der Waals surface area contributed by atoms with Crippen molar-refractivity contribution in [1.29, 1.82) is 0 Å². The highest BCUT2D eigenvalue weighted by Gasteiger charge is 2.27. The monoisotopic (exact) mass is 314 g/mol. The summed E-state index contributed by atoms with van der Waals surface area (Å²) >= 11 is 0. The summed E-state index contributed by atoms with van der Waals surface area (Å²) in [5.74, 6) is 0. The molecule has 0 aromatic carbocycles. The highest BCUT2D eigenvalue weighted by Crippen LogP contribution is 2.20. The van der Waals surface area contributed by atoms with E-state index in [1.165, 1.54) is 10.5 Å². The van der Waals surface area contributed by atoms with E-state index >= 15 is 0 Å². The van der Waals surface area contributed by atoms with Crippen molar-refractivity contribution in [3.05, 3.63) is 24.0 Å². The minimum absolute atomic E-state index is 0.252. The third-order valence-corrected chi connectivity index (χ3v) is 5.25. The number of likely N-dealkylation sites (N-methyl/N-ethyl adjacent to an activating group) is 1. The number of hydrogen-bond acceptors (Lipinski definition) is 5. The highest BCUT2D eigenvalue weighted by atomic mass is 32.2. The van der Waals surface area contributed by atoms with Gasteiger partial charge in [0.2, 0.25) is 10.0 Å². The number of sulfonamides is 1. The van der Waals surface area contributed by atoms with Gasteiger partial charge in [0.15, 0.2) is 0 Å². The van der Waals surface area contributed by atoms with E-state index in [-0.39, 0.29) is 4.90 Å². The third-order valence-electron chi connectivity index (χ3n) is 3.43. The SMILES string of the molecule is CNCCn1cc(S(=O)(=O)N2CC=C(COC)CC2)cn1. The lowest BCUT2D eigenvalue weighted by Crippen LogP contribution is -2.35. The molecule has 118 valence electrons. The van der Waals surface area contributed by atoms with Crippen molar-refractivity contribution in [3.63, 3.8) is 0 Å². The summed E-state index contributed by atoms with van der Waals surface area (Å²) in [5, 5.41) is 7.10. The van der Waals surface area contributed by atoms with E-state index in [4.69, 9.17) is 4.74 Å². The summed E-state index contributed by atoms with van der Waals surface area (Å²) in [7, 11) is 0.0280. The van der Waals surface area contributed by atoms with Crippen LogP contribution in [0, 0.1) is 0 Å². The van der Waals surface area contributed by atoms with Gasteiger partial charge in [0.1, 0.15) is 4.90 Å². The molecular weight excluding hydrogens is 292 g/mol. The molecule has 0 atom stereocenters. The number of aromatic nitrogens is 2. The van der Waals surface area contributed by atoms with Gasteiger partial charge in [0.05, 0.1) is 19.3 Å². The Labute approximate surface area is 125 Å². The van der Waals surface area contributed by atoms with Gasteiger partial charge in [0.25, 0.3) is 0 Å². The lowest BCUT2D eigenvalue weighted by molar-refractivity contribution is 0.219. The highest BCUT2D eigenvalue weighted by molar-refractivity contribution is 7.89. The molecule has 1 aliphatic rings. The molecule has 0 amide bonds. The predicted molar refractivity (Wildman–Crippen MR) is 79.5 cm³/mol. The molecule has 1 aromatic heterocycles. The second kappa shape index (κ2) is 7.17. The topological polar surface area (TPSA) is 76.5 Å². The van der Waals surface area contributed by atoms with E-state index in [0.717, 1.165) is 12.1 Å². The van der Waals surface area contributed by atoms with Gasteiger partial charge in [-0.15, -0.1) is 0 Å². The smallest absolute Gasteiger partial charge is 0.246 e. The molecule has 1 aliphatic heterocycles. The molecule has 0 fully saturated rings. The fourth-order valence-corrected chi connectivity index (χ4v) is 3.54. The number of hydrogen-bond donors (Lipinski definition) is 1. The van der Waals surface area contributed by atoms with E-state index in [2.05, 4.69) is 10.4 Å². The molecule has 21 heavy (non-hydrogen) atoms. The molecule has 2 rings (SSSR count). The van der Waals surface area contributed by atoms with Gasteiger partial charge in [-0.1, -0.05) is 6.08 Å². The van der Waals surface area contributed by atoms with Crippen LogP contribution in [-0.4, -0.2) is 62.9 Å². The number of ether oxygens (including phenoxy) is 1. The van der Waals surface area contributed by atoms with Gasteiger partial charge < -0.3 is 10.1 Å². The van der Waals surface area contributed by atoms with Gasteiger partial charge in [-0.05, 0) is 19.0 Å². The molecular formula is C13H22N4O3S. The quantitative estimate of drug-likeness (QED) is 0.721. The van der Waals surface area contributed by atoms with Crippen LogP contribution in [0.2, 0.25) is 0 Å². The second-order valence-electron chi connectivity index (χ2n) is 4.95. The summed E-state index contributed by atoms with van der Waals surface area (Å²) < 4.78 is 33.3. The minimum atomic E-state index is -3.46. The van der Waals surface area contributed by atoms with E-state index in [0.29, 0.717) is 32.7 Å². The Hall–Kier alpha value is -1.22. The van der Waals surface area contributed by atoms with Crippen molar-refractivity contribution < 1.29 is 13.2 Å². The van der Waals surface area contributed by atoms with Crippen LogP contribution in [-0.2, 0) is 21.3 Å². The van der Waals surface area contributed by atoms with Gasteiger partial charge >= 0.3 is 0 Å². The van der Waals surface area contributed by atoms with Gasteiger partial charge in [-0.3, -0.25) is 4.68 Å². The molecule has 0 bridgehead atoms. The predicted octanol–water partition coefficient (Wildman–Crippen LogP) is 0.0697. The van der Waals surface area contributed by atoms with Gasteiger partial charge in [-0.25, -0.2) is 8.42 Å². The van der Waals surface area contributed by atoms with Crippen LogP contribution >= 0.6 is 0 Å². The van der Waals surface area contributed by atoms with Crippen LogP contribution in [0.5, 0.6) is 0 Å². The number of rotatable bonds is 7. The Kier molecular flexibility index (Phi) is 5.51. The summed E-state index contributed by atoms with van der Waals surface area (Å²) in [6.07, 6.45) is 5.64. The minimum Gasteiger partial charge on any atom is -0.380 e. The summed E-state index contributed by atoms with van der Waals surface area (Å²) in [6, 6.07) is 0. The van der Waals surface area contributed by atoms with Crippen LogP contribution in [0.3, 0.4) is 0 Å². The summed E-state index contributed by atoms with van der Waals surface area (Å²) in [4.78, 5) is 0.252. The van der Waals surface area contributed by atoms with Crippen LogP contribution in [0.4, 0.5) is 0 Å². The van der Waals surface area contributed by atoms with Crippen LogP contribution in [0.25, 0.3) is 0 Å². The van der Waals surface area contributed by atoms with E-state index in [1.54, 1.807) is 18.0 Å². The molecule has 2 heterocycles. The molecule has 8 heteroatoms. The van der Waals surface area contributed by atoms with Crippen molar-refractivity contribution in [2.45, 2.75) is 17.9 Å². The second-order valence-corrected chi connectivity index (χ2v) is 6.89. The van der Waals surface area contributed by atoms with E-state index in [1.807, 2.05) is 13.1 Å². The molecule has 1 aromatic rings. The third kappa shape index (κ3) is 3.91. The first kappa shape index (κ1) is 16.2. The molecule has 0 saturated carbocycles. The van der Waals surface area contributed by atoms with E-state index < -0.39 is 10.0 Å². The van der Waals surface area contributed by atoms with Crippen molar-refractivity contribution in [2.24, 2.45) is 0 Å². The first-order valence-corrected chi connectivity index (χ1v) is 8.36. The largest absolute Gasteiger partial charge is 0.380 e. The Balaban J connectivity index is 2.06. The lowest BCUT2D eigenvalue weighted by atomic mass is 10.1. The fourth-order valence-electron chi connectivity index (χ4n) is 2.20. The maximum Gasteiger partial charge on any atom is 0.246 e. The summed E-state index contributed by atoms with van der Waals surface area (Å²) in [6.45, 7) is 2.83. The van der Waals surface area contributed by atoms with Crippen molar-refractivity contribution >= 4 is 10.0 Å². The van der Waals surface area contributed by atoms with E-state index in [9.17, 15) is 8.42 Å². The summed E-state index contributed by atoms with van der Waals surface area (Å²) in [5.41, 5.74) is 1.15. The van der Waals surface area contributed by atoms with Crippen LogP contribution < -0.4 is 5.32 Å². The van der Waals surface area contributed by atoms with Gasteiger partial charge in [0, 0.05) is 32.9 Å². The van der Waals surface area contributed by atoms with Gasteiger partial charge in [-0.2, -0.15) is 9.40 Å². The molecule has 0 saturated heterocycles. The zero-order chi connectivity index (χ0) is 15.3. The first-order chi connectivity index (χ1) is 10.1. The average molecular weight is 314 g/mol. The standard InChI is InChI=1S/C13H22N4O3S/c1-14-5-8-16-10-13(9-15-16)21(18,19)17-6-3-12(4-7-17)11-20-2/h3,9-10,14H,4-8,11H2,1-2H3. The van der Waals surface area contributed by atoms with Crippen molar-refractivity contribution in [2.75, 3.05) is 40.4 Å². The molecule has 0 unspecified atom stereocenters. The van der Waals surface area contributed by atoms with Crippen molar-refractivity contribution in [1.82, 2.24) is 19.4 Å². The van der Waals surface area contributed by atoms with Crippen molar-refractivity contribution in [3.8, 4) is 0 Å². The Morgan fingerprint density at radius 2 is 2.29 bits per heavy atom. The zero-order valence-corrected chi connectivity index (χ0v) is 13.3. The fraction of sp³-hybridized carbons (Fsp3) is 0.615. The average Bonchev–Trinajstić information content (AvgIpc) is 2.96. The normalized spacial score (nSPS) is 17.0. The maximum atomic E-state index is 12.5. The molecule has 0 spiro atoms. The zero-order valence-electron chi connectivity index (χ0n) is 12.4. The number of nitrogens with one attached hydrogen (secondary N) is 1. The Morgan fingerprint density at radius 1 is 1.48 bits per heavy atom. The molecule has 1 N–H and O–H groups in total. The first-order valence-electron chi connectivity index (χ1n) is 6.92. The molecule has 7 nitrogen and oxygen atoms in total. The maximum absolute atomic E-state index is 12.5. The Bertz CT molecular complexity index is 594. The van der Waals surface area contributed by atoms with Crippen LogP contribution in [0.1, 0.15) is 6.42 Å². The number of nitrogens with zero attached hydrogens (tertiary/aromatic N) is 3. The number of methoxy groups -OCH3 is 1. The molecule has 0 aliphatic carbocycles. The lowest BCUT2D eigenvalue weighted by Gasteiger charge is -2.25. The molecule has 0 radical (unpaired) electrons.